The highest BCUT2D eigenvalue weighted by Gasteiger charge is 2.53. The van der Waals surface area contributed by atoms with E-state index >= 15 is 0 Å². The average molecular weight is 831 g/mol. The molecule has 2 amide bonds. The molecule has 5 fully saturated rings. The molecule has 2 saturated heterocycles. The molecule has 11 rings (SSSR count). The summed E-state index contributed by atoms with van der Waals surface area (Å²) >= 11 is 0. The third-order valence-electron chi connectivity index (χ3n) is 12.8. The normalized spacial score (nSPS) is 21.1. The van der Waals surface area contributed by atoms with Crippen molar-refractivity contribution in [1.82, 2.24) is 44.0 Å². The van der Waals surface area contributed by atoms with Crippen molar-refractivity contribution >= 4 is 46.1 Å². The number of nitrogens with two attached hydrogens (primary N) is 1. The van der Waals surface area contributed by atoms with E-state index in [0.717, 1.165) is 69.5 Å². The van der Waals surface area contributed by atoms with Crippen molar-refractivity contribution in [1.29, 1.82) is 0 Å². The van der Waals surface area contributed by atoms with Crippen LogP contribution in [0.1, 0.15) is 83.7 Å². The smallest absolute Gasteiger partial charge is 0.275 e. The molecule has 5 aliphatic rings. The first-order valence-corrected chi connectivity index (χ1v) is 21.0. The molecule has 2 atom stereocenters. The lowest BCUT2D eigenvalue weighted by Crippen LogP contribution is -2.41. The number of nitrogens with one attached hydrogen (secondary N) is 3. The minimum absolute atomic E-state index is 0.00611. The summed E-state index contributed by atoms with van der Waals surface area (Å²) in [5.41, 5.74) is 9.55. The van der Waals surface area contributed by atoms with Crippen molar-refractivity contribution in [2.24, 2.45) is 17.6 Å². The number of rotatable bonds is 10. The maximum Gasteiger partial charge on any atom is 0.275 e. The summed E-state index contributed by atoms with van der Waals surface area (Å²) in [6, 6.07) is 3.23. The Kier molecular flexibility index (Phi) is 9.65. The molecule has 18 heteroatoms. The Hall–Kier alpha value is -6.14. The average Bonchev–Trinajstić information content (AvgIpc) is 4.17. The summed E-state index contributed by atoms with van der Waals surface area (Å²) in [5.74, 6) is 0.804. The SMILES string of the molecule is Cc1cn2cc(NC(=O)c3cnc(N4CC[C@@H](C5(N)CC5)C4)cn3)cc(F)c2n1.Cc1cn2cc(NC(=O)c3cnc(N4CC[C@@H](C5(NC6CC6)CC5)C4)cn3)cc(F)c2n1. The topological polar surface area (TPSA) is 189 Å². The lowest BCUT2D eigenvalue weighted by atomic mass is 9.96. The number of nitrogens with zero attached hydrogens (tertiary/aromatic N) is 10. The highest BCUT2D eigenvalue weighted by atomic mass is 19.1. The van der Waals surface area contributed by atoms with Gasteiger partial charge in [-0.1, -0.05) is 0 Å². The quantitative estimate of drug-likeness (QED) is 0.144. The van der Waals surface area contributed by atoms with Gasteiger partial charge in [-0.3, -0.25) is 9.59 Å². The van der Waals surface area contributed by atoms with Crippen LogP contribution in [0.3, 0.4) is 0 Å². The summed E-state index contributed by atoms with van der Waals surface area (Å²) in [4.78, 5) is 55.2. The summed E-state index contributed by atoms with van der Waals surface area (Å²) < 4.78 is 31.5. The number of anilines is 4. The molecule has 3 aliphatic carbocycles. The van der Waals surface area contributed by atoms with Gasteiger partial charge in [0.1, 0.15) is 23.0 Å². The number of pyridine rings is 2. The molecular weight excluding hydrogens is 783 g/mol. The predicted octanol–water partition coefficient (Wildman–Crippen LogP) is 5.08. The Balaban J connectivity index is 0.000000147. The predicted molar refractivity (Wildman–Crippen MR) is 225 cm³/mol. The lowest BCUT2D eigenvalue weighted by molar-refractivity contribution is 0.101. The van der Waals surface area contributed by atoms with Crippen molar-refractivity contribution in [3.05, 3.63) is 96.1 Å². The van der Waals surface area contributed by atoms with E-state index in [0.29, 0.717) is 40.1 Å². The summed E-state index contributed by atoms with van der Waals surface area (Å²) in [6.07, 6.45) is 22.4. The second kappa shape index (κ2) is 15.1. The van der Waals surface area contributed by atoms with Gasteiger partial charge in [-0.15, -0.1) is 0 Å². The zero-order valence-electron chi connectivity index (χ0n) is 34.1. The van der Waals surface area contributed by atoms with Gasteiger partial charge in [-0.2, -0.15) is 0 Å². The van der Waals surface area contributed by atoms with Crippen LogP contribution in [-0.2, 0) is 0 Å². The summed E-state index contributed by atoms with van der Waals surface area (Å²) in [6.45, 7) is 7.28. The van der Waals surface area contributed by atoms with Crippen molar-refractivity contribution in [3.63, 3.8) is 0 Å². The second-order valence-corrected chi connectivity index (χ2v) is 17.5. The van der Waals surface area contributed by atoms with Crippen LogP contribution in [0.2, 0.25) is 0 Å². The Labute approximate surface area is 350 Å². The minimum atomic E-state index is -0.505. The van der Waals surface area contributed by atoms with E-state index in [9.17, 15) is 18.4 Å². The van der Waals surface area contributed by atoms with Gasteiger partial charge in [0, 0.05) is 80.2 Å². The van der Waals surface area contributed by atoms with Crippen LogP contribution in [0.15, 0.2) is 61.7 Å². The van der Waals surface area contributed by atoms with Crippen LogP contribution in [0.5, 0.6) is 0 Å². The minimum Gasteiger partial charge on any atom is -0.355 e. The second-order valence-electron chi connectivity index (χ2n) is 17.5. The van der Waals surface area contributed by atoms with E-state index in [4.69, 9.17) is 5.73 Å². The van der Waals surface area contributed by atoms with Crippen molar-refractivity contribution in [2.75, 3.05) is 46.6 Å². The molecule has 0 spiro atoms. The molecule has 0 aromatic carbocycles. The standard InChI is InChI=1S/C23H26FN7O.C20H22FN7O/c1-14-11-31-13-17(8-18(24)21(31)27-14)28-22(32)19-9-26-20(10-25-19)30-7-4-15(12-30)23(5-6-23)29-16-2-3-16;1-12-9-28-11-14(6-15(21)18(28)25-12)26-19(29)16-7-24-17(8-23-16)27-5-2-13(10-27)20(22)3-4-20/h8-11,13,15-16,29H,2-7,12H2,1H3,(H,28,32);6-9,11,13H,2-5,10,22H2,1H3,(H,26,29)/t15-;13-/m11/s1. The van der Waals surface area contributed by atoms with Gasteiger partial charge < -0.3 is 40.3 Å². The fraction of sp³-hybridized carbons (Fsp3) is 0.442. The lowest BCUT2D eigenvalue weighted by Gasteiger charge is -2.25. The summed E-state index contributed by atoms with van der Waals surface area (Å²) in [5, 5.41) is 9.23. The first-order chi connectivity index (χ1) is 29.4. The molecule has 16 nitrogen and oxygen atoms in total. The highest BCUT2D eigenvalue weighted by molar-refractivity contribution is 6.03. The molecular formula is C43H48F2N14O2. The Morgan fingerprint density at radius 2 is 1.16 bits per heavy atom. The number of amides is 2. The Morgan fingerprint density at radius 3 is 1.61 bits per heavy atom. The van der Waals surface area contributed by atoms with Crippen molar-refractivity contribution in [3.8, 4) is 0 Å². The molecule has 6 aromatic rings. The van der Waals surface area contributed by atoms with Gasteiger partial charge in [0.25, 0.3) is 11.8 Å². The molecule has 316 valence electrons. The van der Waals surface area contributed by atoms with E-state index < -0.39 is 23.4 Å². The third-order valence-corrected chi connectivity index (χ3v) is 12.8. The maximum atomic E-state index is 14.3. The first kappa shape index (κ1) is 39.0. The van der Waals surface area contributed by atoms with E-state index in [1.807, 2.05) is 0 Å². The number of hydrogen-bond donors (Lipinski definition) is 4. The zero-order valence-corrected chi connectivity index (χ0v) is 34.1. The number of hydrogen-bond acceptors (Lipinski definition) is 12. The molecule has 5 N–H and O–H groups in total. The van der Waals surface area contributed by atoms with Crippen LogP contribution in [0.4, 0.5) is 31.8 Å². The van der Waals surface area contributed by atoms with Gasteiger partial charge in [0.2, 0.25) is 0 Å². The third kappa shape index (κ3) is 8.08. The zero-order chi connectivity index (χ0) is 42.0. The Morgan fingerprint density at radius 1 is 0.672 bits per heavy atom. The number of carbonyl (C=O) groups is 2. The summed E-state index contributed by atoms with van der Waals surface area (Å²) in [7, 11) is 0. The molecule has 0 unspecified atom stereocenters. The van der Waals surface area contributed by atoms with Crippen LogP contribution in [0, 0.1) is 37.3 Å². The largest absolute Gasteiger partial charge is 0.355 e. The molecule has 61 heavy (non-hydrogen) atoms. The van der Waals surface area contributed by atoms with Gasteiger partial charge in [-0.25, -0.2) is 38.7 Å². The Bertz CT molecular complexity index is 2640. The highest BCUT2D eigenvalue weighted by Crippen LogP contribution is 2.48. The molecule has 6 aromatic heterocycles. The maximum absolute atomic E-state index is 14.3. The number of fused-ring (bicyclic) bond motifs is 2. The molecule has 0 radical (unpaired) electrons. The van der Waals surface area contributed by atoms with E-state index in [1.54, 1.807) is 59.8 Å². The number of halogens is 2. The van der Waals surface area contributed by atoms with Gasteiger partial charge >= 0.3 is 0 Å². The van der Waals surface area contributed by atoms with E-state index in [-0.39, 0.29) is 28.2 Å². The van der Waals surface area contributed by atoms with Crippen LogP contribution >= 0.6 is 0 Å². The monoisotopic (exact) mass is 830 g/mol. The van der Waals surface area contributed by atoms with Gasteiger partial charge in [-0.05, 0) is 77.0 Å². The molecule has 3 saturated carbocycles. The fourth-order valence-corrected chi connectivity index (χ4v) is 8.94. The molecule has 8 heterocycles. The molecule has 0 bridgehead atoms. The van der Waals surface area contributed by atoms with Crippen molar-refractivity contribution in [2.45, 2.75) is 82.3 Å². The fourth-order valence-electron chi connectivity index (χ4n) is 8.94. The van der Waals surface area contributed by atoms with E-state index in [2.05, 4.69) is 55.7 Å². The number of carbonyl (C=O) groups excluding carboxylic acids is 2. The number of aromatic nitrogens is 8. The van der Waals surface area contributed by atoms with Crippen LogP contribution in [0.25, 0.3) is 11.3 Å². The van der Waals surface area contributed by atoms with E-state index in [1.165, 1.54) is 50.2 Å². The van der Waals surface area contributed by atoms with Crippen molar-refractivity contribution < 1.29 is 18.4 Å². The van der Waals surface area contributed by atoms with Gasteiger partial charge in [0.05, 0.1) is 47.6 Å². The van der Waals surface area contributed by atoms with Crippen LogP contribution in [-0.4, -0.2) is 93.8 Å². The number of imidazole rings is 2. The molecule has 2 aliphatic heterocycles. The van der Waals surface area contributed by atoms with Crippen LogP contribution < -0.4 is 31.5 Å². The number of aryl methyl sites for hydroxylation is 2. The first-order valence-electron chi connectivity index (χ1n) is 21.0. The van der Waals surface area contributed by atoms with Gasteiger partial charge in [0.15, 0.2) is 22.9 Å².